The van der Waals surface area contributed by atoms with E-state index < -0.39 is 10.0 Å². The Morgan fingerprint density at radius 1 is 1.56 bits per heavy atom. The second-order valence-corrected chi connectivity index (χ2v) is 6.55. The summed E-state index contributed by atoms with van der Waals surface area (Å²) in [5.41, 5.74) is 0. The molecule has 0 aliphatic rings. The summed E-state index contributed by atoms with van der Waals surface area (Å²) in [6, 6.07) is 1.32. The minimum atomic E-state index is -3.52. The number of hydrogen-bond donors (Lipinski definition) is 0. The molecule has 0 fully saturated rings. The molecule has 0 atom stereocenters. The van der Waals surface area contributed by atoms with Gasteiger partial charge < -0.3 is 4.42 Å². The lowest BCUT2D eigenvalue weighted by molar-refractivity contribution is 0.408. The number of hydrogen-bond acceptors (Lipinski definition) is 3. The predicted octanol–water partition coefficient (Wildman–Crippen LogP) is 2.81. The molecule has 0 aliphatic carbocycles. The van der Waals surface area contributed by atoms with Crippen LogP contribution in [0.4, 0.5) is 0 Å². The summed E-state index contributed by atoms with van der Waals surface area (Å²) in [5, 5.41) is 0. The normalized spacial score (nSPS) is 12.7. The van der Waals surface area contributed by atoms with Gasteiger partial charge in [-0.25, -0.2) is 8.42 Å². The zero-order valence-corrected chi connectivity index (χ0v) is 12.4. The summed E-state index contributed by atoms with van der Waals surface area (Å²) in [7, 11) is -2.00. The average molecular weight is 331 g/mol. The van der Waals surface area contributed by atoms with Crippen LogP contribution in [0.3, 0.4) is 0 Å². The third-order valence-electron chi connectivity index (χ3n) is 2.22. The molecule has 92 valence electrons. The van der Waals surface area contributed by atoms with Gasteiger partial charge in [-0.2, -0.15) is 4.31 Å². The molecule has 0 saturated heterocycles. The zero-order valence-electron chi connectivity index (χ0n) is 9.20. The minimum Gasteiger partial charge on any atom is -0.452 e. The van der Waals surface area contributed by atoms with Crippen LogP contribution >= 0.6 is 27.5 Å². The summed E-state index contributed by atoms with van der Waals surface area (Å²) >= 11 is 8.66. The van der Waals surface area contributed by atoms with Gasteiger partial charge in [0.15, 0.2) is 4.67 Å². The Balaban J connectivity index is 3.22. The summed E-state index contributed by atoms with van der Waals surface area (Å²) < 4.78 is 30.9. The Kier molecular flexibility index (Phi) is 4.45. The van der Waals surface area contributed by atoms with Crippen LogP contribution in [0.15, 0.2) is 20.0 Å². The predicted molar refractivity (Wildman–Crippen MR) is 66.0 cm³/mol. The third-order valence-corrected chi connectivity index (χ3v) is 5.38. The Labute approximate surface area is 109 Å². The lowest BCUT2D eigenvalue weighted by Gasteiger charge is -2.19. The van der Waals surface area contributed by atoms with Crippen LogP contribution in [0.1, 0.15) is 19.6 Å². The molecule has 16 heavy (non-hydrogen) atoms. The van der Waals surface area contributed by atoms with Crippen molar-refractivity contribution < 1.29 is 12.8 Å². The molecule has 1 aromatic rings. The van der Waals surface area contributed by atoms with Crippen molar-refractivity contribution in [2.45, 2.75) is 30.7 Å². The lowest BCUT2D eigenvalue weighted by atomic mass is 10.4. The first-order valence-electron chi connectivity index (χ1n) is 4.63. The van der Waals surface area contributed by atoms with E-state index >= 15 is 0 Å². The van der Waals surface area contributed by atoms with Crippen molar-refractivity contribution in [3.63, 3.8) is 0 Å². The van der Waals surface area contributed by atoms with Crippen LogP contribution in [-0.4, -0.2) is 25.8 Å². The van der Waals surface area contributed by atoms with Gasteiger partial charge >= 0.3 is 0 Å². The molecular weight excluding hydrogens is 318 g/mol. The van der Waals surface area contributed by atoms with E-state index in [2.05, 4.69) is 15.9 Å². The van der Waals surface area contributed by atoms with Crippen molar-refractivity contribution in [1.82, 2.24) is 4.31 Å². The molecule has 0 unspecified atom stereocenters. The van der Waals surface area contributed by atoms with Gasteiger partial charge in [-0.1, -0.05) is 0 Å². The van der Waals surface area contributed by atoms with Gasteiger partial charge in [0.25, 0.3) is 0 Å². The first kappa shape index (κ1) is 14.0. The molecule has 0 aliphatic heterocycles. The van der Waals surface area contributed by atoms with Crippen LogP contribution in [-0.2, 0) is 15.9 Å². The highest BCUT2D eigenvalue weighted by Crippen LogP contribution is 2.29. The van der Waals surface area contributed by atoms with Crippen molar-refractivity contribution in [1.29, 1.82) is 0 Å². The van der Waals surface area contributed by atoms with Gasteiger partial charge in [-0.15, -0.1) is 11.6 Å². The van der Waals surface area contributed by atoms with Crippen molar-refractivity contribution in [3.8, 4) is 0 Å². The maximum absolute atomic E-state index is 12.1. The van der Waals surface area contributed by atoms with Gasteiger partial charge in [-0.05, 0) is 29.8 Å². The molecule has 1 heterocycles. The van der Waals surface area contributed by atoms with Gasteiger partial charge in [0.1, 0.15) is 10.7 Å². The van der Waals surface area contributed by atoms with Crippen LogP contribution in [0, 0.1) is 0 Å². The van der Waals surface area contributed by atoms with E-state index in [0.29, 0.717) is 5.76 Å². The molecule has 0 N–H and O–H groups in total. The number of sulfonamides is 1. The fourth-order valence-corrected chi connectivity index (χ4v) is 3.53. The topological polar surface area (TPSA) is 50.5 Å². The monoisotopic (exact) mass is 329 g/mol. The minimum absolute atomic E-state index is 0.111. The Morgan fingerprint density at radius 3 is 2.50 bits per heavy atom. The maximum atomic E-state index is 12.1. The Morgan fingerprint density at radius 2 is 2.12 bits per heavy atom. The molecule has 0 spiro atoms. The molecule has 0 aromatic carbocycles. The van der Waals surface area contributed by atoms with Crippen LogP contribution in [0.2, 0.25) is 0 Å². The first-order chi connectivity index (χ1) is 7.30. The van der Waals surface area contributed by atoms with Gasteiger partial charge in [0.05, 0.1) is 5.88 Å². The van der Waals surface area contributed by atoms with E-state index in [-0.39, 0.29) is 21.5 Å². The quantitative estimate of drug-likeness (QED) is 0.798. The second-order valence-electron chi connectivity index (χ2n) is 3.60. The Hall–Kier alpha value is -0.0400. The molecule has 0 amide bonds. The average Bonchev–Trinajstić information content (AvgIpc) is 2.58. The van der Waals surface area contributed by atoms with E-state index in [1.807, 2.05) is 0 Å². The highest BCUT2D eigenvalue weighted by atomic mass is 79.9. The number of nitrogens with zero attached hydrogens (tertiary/aromatic N) is 1. The van der Waals surface area contributed by atoms with Crippen molar-refractivity contribution in [3.05, 3.63) is 16.5 Å². The molecule has 7 heteroatoms. The van der Waals surface area contributed by atoms with E-state index in [4.69, 9.17) is 16.0 Å². The number of rotatable bonds is 4. The van der Waals surface area contributed by atoms with E-state index in [0.717, 1.165) is 0 Å². The molecular formula is C9H13BrClNO3S. The SMILES string of the molecule is CC(C)N(C)S(=O)(=O)c1cc(CCl)oc1Br. The molecule has 1 aromatic heterocycles. The van der Waals surface area contributed by atoms with Gasteiger partial charge in [0, 0.05) is 19.2 Å². The van der Waals surface area contributed by atoms with Crippen molar-refractivity contribution in [2.75, 3.05) is 7.05 Å². The highest BCUT2D eigenvalue weighted by Gasteiger charge is 2.28. The number of halogens is 2. The summed E-state index contributed by atoms with van der Waals surface area (Å²) in [4.78, 5) is 0.111. The van der Waals surface area contributed by atoms with Crippen LogP contribution in [0.25, 0.3) is 0 Å². The maximum Gasteiger partial charge on any atom is 0.247 e. The summed E-state index contributed by atoms with van der Waals surface area (Å²) in [6.07, 6.45) is 0. The molecule has 4 nitrogen and oxygen atoms in total. The van der Waals surface area contributed by atoms with E-state index in [9.17, 15) is 8.42 Å². The summed E-state index contributed by atoms with van der Waals surface area (Å²) in [6.45, 7) is 3.60. The van der Waals surface area contributed by atoms with Gasteiger partial charge in [0.2, 0.25) is 10.0 Å². The van der Waals surface area contributed by atoms with Gasteiger partial charge in [-0.3, -0.25) is 0 Å². The fraction of sp³-hybridized carbons (Fsp3) is 0.556. The molecule has 0 bridgehead atoms. The number of furan rings is 1. The number of alkyl halides is 1. The Bertz CT molecular complexity index is 469. The summed E-state index contributed by atoms with van der Waals surface area (Å²) in [5.74, 6) is 0.559. The fourth-order valence-electron chi connectivity index (χ4n) is 1.07. The van der Waals surface area contributed by atoms with Crippen molar-refractivity contribution >= 4 is 37.6 Å². The standard InChI is InChI=1S/C9H13BrClNO3S/c1-6(2)12(3)16(13,14)8-4-7(5-11)15-9(8)10/h4,6H,5H2,1-3H3. The first-order valence-corrected chi connectivity index (χ1v) is 7.39. The third kappa shape index (κ3) is 2.61. The van der Waals surface area contributed by atoms with Crippen LogP contribution < -0.4 is 0 Å². The van der Waals surface area contributed by atoms with E-state index in [1.165, 1.54) is 17.4 Å². The lowest BCUT2D eigenvalue weighted by Crippen LogP contribution is -2.32. The zero-order chi connectivity index (χ0) is 12.5. The molecule has 0 radical (unpaired) electrons. The smallest absolute Gasteiger partial charge is 0.247 e. The second kappa shape index (κ2) is 5.08. The molecule has 1 rings (SSSR count). The largest absolute Gasteiger partial charge is 0.452 e. The highest BCUT2D eigenvalue weighted by molar-refractivity contribution is 9.10. The molecule has 0 saturated carbocycles. The van der Waals surface area contributed by atoms with E-state index in [1.54, 1.807) is 13.8 Å². The van der Waals surface area contributed by atoms with Crippen molar-refractivity contribution in [2.24, 2.45) is 0 Å². The van der Waals surface area contributed by atoms with Crippen LogP contribution in [0.5, 0.6) is 0 Å².